The topological polar surface area (TPSA) is 99.5 Å². The second kappa shape index (κ2) is 9.90. The maximum atomic E-state index is 13.2. The fourth-order valence-corrected chi connectivity index (χ4v) is 3.19. The van der Waals surface area contributed by atoms with E-state index in [1.807, 2.05) is 0 Å². The summed E-state index contributed by atoms with van der Waals surface area (Å²) in [4.78, 5) is 40.8. The summed E-state index contributed by atoms with van der Waals surface area (Å²) < 4.78 is 24.8. The van der Waals surface area contributed by atoms with Crippen molar-refractivity contribution in [3.63, 3.8) is 0 Å². The number of nitrogens with one attached hydrogen (secondary N) is 1. The highest BCUT2D eigenvalue weighted by Crippen LogP contribution is 2.22. The van der Waals surface area contributed by atoms with E-state index < -0.39 is 30.2 Å². The number of hydrogen-bond acceptors (Lipinski definition) is 7. The number of nitrogens with zero attached hydrogens (tertiary/aromatic N) is 2. The van der Waals surface area contributed by atoms with E-state index in [1.54, 1.807) is 18.4 Å². The van der Waals surface area contributed by atoms with Crippen LogP contribution in [0.3, 0.4) is 0 Å². The minimum atomic E-state index is -0.816. The first-order valence-corrected chi connectivity index (χ1v) is 10.2. The summed E-state index contributed by atoms with van der Waals surface area (Å²) >= 11 is 1.28. The number of carbonyl (C=O) groups excluding carboxylic acids is 3. The third-order valence-corrected chi connectivity index (χ3v) is 4.80. The molecular weight excluding hydrogens is 425 g/mol. The van der Waals surface area contributed by atoms with Crippen LogP contribution in [0, 0.1) is 5.82 Å². The Bertz CT molecular complexity index is 1100. The van der Waals surface area contributed by atoms with Crippen LogP contribution in [0.2, 0.25) is 0 Å². The lowest BCUT2D eigenvalue weighted by atomic mass is 10.2. The predicted octanol–water partition coefficient (Wildman–Crippen LogP) is 2.86. The molecule has 0 saturated heterocycles. The molecule has 1 aromatic heterocycles. The maximum Gasteiger partial charge on any atom is 0.357 e. The molecule has 2 aromatic carbocycles. The number of ether oxygens (including phenoxy) is 2. The van der Waals surface area contributed by atoms with Gasteiger partial charge < -0.3 is 9.47 Å². The molecule has 8 nitrogen and oxygen atoms in total. The van der Waals surface area contributed by atoms with Crippen LogP contribution in [0.15, 0.2) is 59.9 Å². The molecule has 0 unspecified atom stereocenters. The van der Waals surface area contributed by atoms with E-state index in [4.69, 9.17) is 9.47 Å². The molecule has 160 valence electrons. The van der Waals surface area contributed by atoms with Crippen LogP contribution >= 0.6 is 11.8 Å². The molecule has 0 bridgehead atoms. The lowest BCUT2D eigenvalue weighted by Gasteiger charge is -2.11. The van der Waals surface area contributed by atoms with Crippen LogP contribution in [-0.4, -0.2) is 47.3 Å². The highest BCUT2D eigenvalue weighted by molar-refractivity contribution is 7.98. The zero-order chi connectivity index (χ0) is 22.4. The average molecular weight is 443 g/mol. The number of aromatic nitrogens is 2. The standard InChI is InChI=1S/C21H18FN3O5S/c1-29-16-9-3-13(4-10-16)19(27)24-18(26)12-30-20(28)17-11-23-21(31-2)25(17)15-7-5-14(22)6-8-15/h3-11H,12H2,1-2H3,(H,24,26,27). The van der Waals surface area contributed by atoms with Crippen molar-refractivity contribution in [2.75, 3.05) is 20.0 Å². The van der Waals surface area contributed by atoms with Gasteiger partial charge >= 0.3 is 5.97 Å². The second-order valence-corrected chi connectivity index (χ2v) is 6.90. The molecule has 31 heavy (non-hydrogen) atoms. The van der Waals surface area contributed by atoms with Gasteiger partial charge in [-0.25, -0.2) is 14.2 Å². The van der Waals surface area contributed by atoms with Crippen LogP contribution in [-0.2, 0) is 9.53 Å². The number of rotatable bonds is 7. The van der Waals surface area contributed by atoms with Gasteiger partial charge in [-0.05, 0) is 54.8 Å². The van der Waals surface area contributed by atoms with Crippen molar-refractivity contribution in [1.29, 1.82) is 0 Å². The molecule has 2 amide bonds. The third kappa shape index (κ3) is 5.28. The summed E-state index contributed by atoms with van der Waals surface area (Å²) in [6.07, 6.45) is 3.08. The van der Waals surface area contributed by atoms with E-state index in [1.165, 1.54) is 66.0 Å². The Morgan fingerprint density at radius 2 is 1.77 bits per heavy atom. The Kier molecular flexibility index (Phi) is 7.03. The summed E-state index contributed by atoms with van der Waals surface area (Å²) in [5.74, 6) is -2.09. The molecule has 0 aliphatic heterocycles. The molecule has 0 radical (unpaired) electrons. The maximum absolute atomic E-state index is 13.2. The molecule has 1 heterocycles. The highest BCUT2D eigenvalue weighted by Gasteiger charge is 2.20. The van der Waals surface area contributed by atoms with E-state index >= 15 is 0 Å². The molecule has 0 atom stereocenters. The first kappa shape index (κ1) is 22.0. The van der Waals surface area contributed by atoms with E-state index in [9.17, 15) is 18.8 Å². The quantitative estimate of drug-likeness (QED) is 0.443. The smallest absolute Gasteiger partial charge is 0.357 e. The summed E-state index contributed by atoms with van der Waals surface area (Å²) in [7, 11) is 1.50. The molecule has 0 saturated carbocycles. The van der Waals surface area contributed by atoms with Gasteiger partial charge in [0.1, 0.15) is 11.6 Å². The van der Waals surface area contributed by atoms with Gasteiger partial charge in [0.15, 0.2) is 17.5 Å². The van der Waals surface area contributed by atoms with Gasteiger partial charge in [0, 0.05) is 11.3 Å². The van der Waals surface area contributed by atoms with Crippen LogP contribution in [0.4, 0.5) is 4.39 Å². The second-order valence-electron chi connectivity index (χ2n) is 6.12. The number of methoxy groups -OCH3 is 1. The van der Waals surface area contributed by atoms with Gasteiger partial charge in [-0.3, -0.25) is 19.5 Å². The van der Waals surface area contributed by atoms with Crippen molar-refractivity contribution in [3.05, 3.63) is 71.8 Å². The summed E-state index contributed by atoms with van der Waals surface area (Å²) in [6, 6.07) is 11.7. The molecular formula is C21H18FN3O5S. The third-order valence-electron chi connectivity index (χ3n) is 4.15. The Morgan fingerprint density at radius 1 is 1.10 bits per heavy atom. The lowest BCUT2D eigenvalue weighted by molar-refractivity contribution is -0.123. The van der Waals surface area contributed by atoms with E-state index in [2.05, 4.69) is 10.3 Å². The number of imidazole rings is 1. The monoisotopic (exact) mass is 443 g/mol. The highest BCUT2D eigenvalue weighted by atomic mass is 32.2. The van der Waals surface area contributed by atoms with E-state index in [-0.39, 0.29) is 11.3 Å². The van der Waals surface area contributed by atoms with Crippen molar-refractivity contribution < 1.29 is 28.2 Å². The predicted molar refractivity (Wildman–Crippen MR) is 111 cm³/mol. The van der Waals surface area contributed by atoms with E-state index in [0.717, 1.165) is 0 Å². The van der Waals surface area contributed by atoms with Crippen molar-refractivity contribution in [2.45, 2.75) is 5.16 Å². The van der Waals surface area contributed by atoms with Crippen LogP contribution in [0.5, 0.6) is 5.75 Å². The molecule has 0 aliphatic rings. The number of imide groups is 1. The van der Waals surface area contributed by atoms with Gasteiger partial charge in [0.25, 0.3) is 11.8 Å². The number of halogens is 1. The van der Waals surface area contributed by atoms with Gasteiger partial charge in [0.2, 0.25) is 0 Å². The Labute approximate surface area is 181 Å². The zero-order valence-corrected chi connectivity index (χ0v) is 17.4. The largest absolute Gasteiger partial charge is 0.497 e. The number of hydrogen-bond donors (Lipinski definition) is 1. The lowest BCUT2D eigenvalue weighted by Crippen LogP contribution is -2.34. The zero-order valence-electron chi connectivity index (χ0n) is 16.6. The van der Waals surface area contributed by atoms with Gasteiger partial charge in [-0.1, -0.05) is 11.8 Å². The summed E-state index contributed by atoms with van der Waals surface area (Å²) in [5, 5.41) is 2.63. The first-order valence-electron chi connectivity index (χ1n) is 8.96. The number of amides is 2. The molecule has 3 rings (SSSR count). The molecule has 0 fully saturated rings. The minimum Gasteiger partial charge on any atom is -0.497 e. The van der Waals surface area contributed by atoms with Crippen molar-refractivity contribution in [1.82, 2.24) is 14.9 Å². The molecule has 3 aromatic rings. The van der Waals surface area contributed by atoms with Gasteiger partial charge in [0.05, 0.1) is 13.3 Å². The fourth-order valence-electron chi connectivity index (χ4n) is 2.64. The minimum absolute atomic E-state index is 0.0604. The van der Waals surface area contributed by atoms with E-state index in [0.29, 0.717) is 16.6 Å². The SMILES string of the molecule is COc1ccc(C(=O)NC(=O)COC(=O)c2cnc(SC)n2-c2ccc(F)cc2)cc1. The van der Waals surface area contributed by atoms with Crippen molar-refractivity contribution >= 4 is 29.5 Å². The number of benzene rings is 2. The number of thioether (sulfide) groups is 1. The Balaban J connectivity index is 1.65. The van der Waals surface area contributed by atoms with Gasteiger partial charge in [-0.15, -0.1) is 0 Å². The average Bonchev–Trinajstić information content (AvgIpc) is 3.22. The molecule has 0 aliphatic carbocycles. The number of esters is 1. The summed E-state index contributed by atoms with van der Waals surface area (Å²) in [6.45, 7) is -0.663. The van der Waals surface area contributed by atoms with Gasteiger partial charge in [-0.2, -0.15) is 0 Å². The van der Waals surface area contributed by atoms with Crippen LogP contribution in [0.1, 0.15) is 20.8 Å². The first-order chi connectivity index (χ1) is 14.9. The van der Waals surface area contributed by atoms with Crippen LogP contribution in [0.25, 0.3) is 5.69 Å². The fraction of sp³-hybridized carbons (Fsp3) is 0.143. The summed E-state index contributed by atoms with van der Waals surface area (Å²) in [5.41, 5.74) is 0.819. The normalized spacial score (nSPS) is 10.4. The molecule has 0 spiro atoms. The Hall–Kier alpha value is -3.66. The Morgan fingerprint density at radius 3 is 2.39 bits per heavy atom. The van der Waals surface area contributed by atoms with Crippen molar-refractivity contribution in [2.24, 2.45) is 0 Å². The van der Waals surface area contributed by atoms with Crippen LogP contribution < -0.4 is 10.1 Å². The van der Waals surface area contributed by atoms with Crippen molar-refractivity contribution in [3.8, 4) is 11.4 Å². The molecule has 1 N–H and O–H groups in total. The molecule has 10 heteroatoms. The number of carbonyl (C=O) groups is 3.